The lowest BCUT2D eigenvalue weighted by atomic mass is 10.1. The number of carbonyl (C=O) groups excluding carboxylic acids is 2. The van der Waals surface area contributed by atoms with Crippen LogP contribution in [0.4, 0.5) is 27.8 Å². The molecule has 0 atom stereocenters. The van der Waals surface area contributed by atoms with Gasteiger partial charge in [-0.05, 0) is 27.2 Å². The summed E-state index contributed by atoms with van der Waals surface area (Å²) in [5.41, 5.74) is -1.36. The largest absolute Gasteiger partial charge is 0.434 e. The van der Waals surface area contributed by atoms with Gasteiger partial charge in [0.25, 0.3) is 0 Å². The molecule has 0 spiro atoms. The Balaban J connectivity index is 0.00000151. The first-order valence-corrected chi connectivity index (χ1v) is 9.25. The van der Waals surface area contributed by atoms with Gasteiger partial charge in [-0.15, -0.1) is 0 Å². The number of pyridine rings is 1. The molecule has 0 saturated heterocycles. The summed E-state index contributed by atoms with van der Waals surface area (Å²) in [5.74, 6) is -0.624. The fourth-order valence-corrected chi connectivity index (χ4v) is 2.84. The van der Waals surface area contributed by atoms with E-state index in [1.165, 1.54) is 4.68 Å². The Bertz CT molecular complexity index is 926. The summed E-state index contributed by atoms with van der Waals surface area (Å²) in [6.45, 7) is 2.64. The number of anilines is 1. The summed E-state index contributed by atoms with van der Waals surface area (Å²) in [6, 6.07) is 0.990. The molecule has 0 bridgehead atoms. The molecule has 31 heavy (non-hydrogen) atoms. The van der Waals surface area contributed by atoms with Gasteiger partial charge in [0.05, 0.1) is 22.0 Å². The van der Waals surface area contributed by atoms with Crippen molar-refractivity contribution in [3.63, 3.8) is 0 Å². The normalized spacial score (nSPS) is 11.6. The number of nitrogens with one attached hydrogen (secondary N) is 1. The van der Waals surface area contributed by atoms with E-state index >= 15 is 0 Å². The van der Waals surface area contributed by atoms with Crippen molar-refractivity contribution in [2.45, 2.75) is 59.0 Å². The van der Waals surface area contributed by atoms with Crippen LogP contribution in [0.1, 0.15) is 33.4 Å². The Kier molecular flexibility index (Phi) is 8.95. The molecule has 0 aliphatic rings. The zero-order chi connectivity index (χ0) is 24.0. The maximum atomic E-state index is 13.1. The van der Waals surface area contributed by atoms with Crippen LogP contribution in [-0.4, -0.2) is 39.2 Å². The van der Waals surface area contributed by atoms with E-state index in [0.29, 0.717) is 24.4 Å². The maximum Gasteiger partial charge on any atom is 0.410 e. The molecule has 0 fully saturated rings. The summed E-state index contributed by atoms with van der Waals surface area (Å²) in [5, 5.41) is 6.75. The quantitative estimate of drug-likeness (QED) is 0.576. The second-order valence-corrected chi connectivity index (χ2v) is 6.93. The molecule has 0 aliphatic heterocycles. The lowest BCUT2D eigenvalue weighted by Gasteiger charge is -2.29. The molecular weight excluding hydrogens is 451 g/mol. The Morgan fingerprint density at radius 2 is 1.84 bits per heavy atom. The highest BCUT2D eigenvalue weighted by Crippen LogP contribution is 2.39. The highest BCUT2D eigenvalue weighted by atomic mass is 35.5. The fraction of sp³-hybridized carbons (Fsp3) is 0.500. The molecule has 0 radical (unpaired) electrons. The van der Waals surface area contributed by atoms with Crippen LogP contribution < -0.4 is 10.1 Å². The van der Waals surface area contributed by atoms with Gasteiger partial charge in [-0.25, -0.2) is 4.98 Å². The zero-order valence-electron chi connectivity index (χ0n) is 17.0. The number of halogens is 6. The molecular formula is C18H20ClF5N4O3. The third-order valence-corrected chi connectivity index (χ3v) is 4.48. The number of rotatable bonds is 7. The lowest BCUT2D eigenvalue weighted by Crippen LogP contribution is -2.46. The van der Waals surface area contributed by atoms with Gasteiger partial charge in [-0.3, -0.25) is 4.68 Å². The molecule has 0 saturated carbocycles. The number of alkyl halides is 5. The lowest BCUT2D eigenvalue weighted by molar-refractivity contribution is -0.191. The fourth-order valence-electron chi connectivity index (χ4n) is 2.47. The topological polar surface area (TPSA) is 86.1 Å². The first kappa shape index (κ1) is 26.3. The van der Waals surface area contributed by atoms with E-state index < -0.39 is 18.3 Å². The predicted molar refractivity (Wildman–Crippen MR) is 101 cm³/mol. The van der Waals surface area contributed by atoms with Crippen molar-refractivity contribution in [1.82, 2.24) is 14.8 Å². The Morgan fingerprint density at radius 3 is 2.29 bits per heavy atom. The first-order chi connectivity index (χ1) is 14.3. The summed E-state index contributed by atoms with van der Waals surface area (Å²) in [7, 11) is 0. The van der Waals surface area contributed by atoms with Gasteiger partial charge in [-0.2, -0.15) is 36.6 Å². The number of aromatic nitrogens is 3. The van der Waals surface area contributed by atoms with Gasteiger partial charge in [0.15, 0.2) is 0 Å². The summed E-state index contributed by atoms with van der Waals surface area (Å²) in [4.78, 5) is 20.2. The van der Waals surface area contributed by atoms with Gasteiger partial charge >= 0.3 is 18.9 Å². The molecule has 2 aromatic rings. The molecule has 0 unspecified atom stereocenters. The number of nitrogens with zero attached hydrogens (tertiary/aromatic N) is 3. The van der Waals surface area contributed by atoms with Crippen molar-refractivity contribution in [2.24, 2.45) is 0 Å². The molecule has 172 valence electrons. The maximum absolute atomic E-state index is 13.1. The van der Waals surface area contributed by atoms with Crippen LogP contribution in [0.15, 0.2) is 12.3 Å². The third kappa shape index (κ3) is 6.38. The minimum Gasteiger partial charge on any atom is -0.434 e. The van der Waals surface area contributed by atoms with Crippen LogP contribution in [0.5, 0.6) is 5.75 Å². The van der Waals surface area contributed by atoms with Crippen LogP contribution in [0, 0.1) is 0 Å². The van der Waals surface area contributed by atoms with E-state index in [1.54, 1.807) is 6.92 Å². The smallest absolute Gasteiger partial charge is 0.410 e. The minimum absolute atomic E-state index is 0.106. The van der Waals surface area contributed by atoms with Crippen molar-refractivity contribution in [3.8, 4) is 17.0 Å². The Hall–Kier alpha value is -2.72. The average Bonchev–Trinajstić information content (AvgIpc) is 2.96. The number of hydrogen-bond donors (Lipinski definition) is 1. The van der Waals surface area contributed by atoms with Crippen molar-refractivity contribution in [1.29, 1.82) is 0 Å². The van der Waals surface area contributed by atoms with E-state index in [4.69, 9.17) is 21.2 Å². The molecule has 1 N–H and O–H groups in total. The van der Waals surface area contributed by atoms with E-state index in [-0.39, 0.29) is 28.3 Å². The van der Waals surface area contributed by atoms with Gasteiger partial charge < -0.3 is 10.1 Å². The van der Waals surface area contributed by atoms with E-state index in [9.17, 15) is 22.0 Å². The van der Waals surface area contributed by atoms with Crippen molar-refractivity contribution < 1.29 is 36.3 Å². The number of ether oxygens (including phenoxy) is 1. The van der Waals surface area contributed by atoms with E-state index in [1.807, 2.05) is 6.92 Å². The molecule has 0 amide bonds. The summed E-state index contributed by atoms with van der Waals surface area (Å²) in [6.07, 6.45) is -2.69. The van der Waals surface area contributed by atoms with Gasteiger partial charge in [0.1, 0.15) is 17.1 Å². The number of hydrogen-bond acceptors (Lipinski definition) is 6. The van der Waals surface area contributed by atoms with Crippen LogP contribution in [0.25, 0.3) is 11.3 Å². The second kappa shape index (κ2) is 10.5. The molecule has 7 nitrogen and oxygen atoms in total. The van der Waals surface area contributed by atoms with Crippen molar-refractivity contribution in [2.75, 3.05) is 5.32 Å². The third-order valence-electron chi connectivity index (χ3n) is 4.08. The molecule has 2 aromatic heterocycles. The van der Waals surface area contributed by atoms with Crippen LogP contribution in [0.2, 0.25) is 5.02 Å². The monoisotopic (exact) mass is 470 g/mol. The number of aryl methyl sites for hydroxylation is 2. The van der Waals surface area contributed by atoms with Gasteiger partial charge in [-0.1, -0.05) is 18.5 Å². The Morgan fingerprint density at radius 1 is 1.26 bits per heavy atom. The SMILES string of the molecule is CCc1nn(CC)c(-c2cnc(NC(C)(C)C(F)(F)F)cc2OC(F)F)c1Cl.O=C=O. The van der Waals surface area contributed by atoms with E-state index in [0.717, 1.165) is 26.1 Å². The van der Waals surface area contributed by atoms with Crippen molar-refractivity contribution in [3.05, 3.63) is 23.0 Å². The van der Waals surface area contributed by atoms with Crippen LogP contribution >= 0.6 is 11.6 Å². The van der Waals surface area contributed by atoms with Gasteiger partial charge in [0.2, 0.25) is 0 Å². The minimum atomic E-state index is -4.59. The summed E-state index contributed by atoms with van der Waals surface area (Å²) < 4.78 is 71.2. The second-order valence-electron chi connectivity index (χ2n) is 6.55. The molecule has 2 rings (SSSR count). The molecule has 0 aliphatic carbocycles. The zero-order valence-corrected chi connectivity index (χ0v) is 17.7. The average molecular weight is 471 g/mol. The molecule has 0 aromatic carbocycles. The summed E-state index contributed by atoms with van der Waals surface area (Å²) >= 11 is 6.34. The van der Waals surface area contributed by atoms with E-state index in [2.05, 4.69) is 20.1 Å². The van der Waals surface area contributed by atoms with Crippen LogP contribution in [-0.2, 0) is 22.6 Å². The van der Waals surface area contributed by atoms with Crippen molar-refractivity contribution >= 4 is 23.6 Å². The predicted octanol–water partition coefficient (Wildman–Crippen LogP) is 4.95. The standard InChI is InChI=1S/C17H20ClF5N4O.CO2/c1-5-10-13(18)14(27(6-2)26-10)9-8-24-12(7-11(9)28-15(19)20)25-16(3,4)17(21,22)23;2-1-3/h7-8,15H,5-6H2,1-4H3,(H,24,25);. The van der Waals surface area contributed by atoms with Gasteiger partial charge in [0, 0.05) is 18.8 Å². The highest BCUT2D eigenvalue weighted by Gasteiger charge is 2.47. The Labute approximate surface area is 179 Å². The molecule has 13 heteroatoms. The first-order valence-electron chi connectivity index (χ1n) is 8.87. The van der Waals surface area contributed by atoms with Crippen LogP contribution in [0.3, 0.4) is 0 Å². The molecule has 2 heterocycles. The highest BCUT2D eigenvalue weighted by molar-refractivity contribution is 6.33.